The van der Waals surface area contributed by atoms with Crippen LogP contribution in [-0.4, -0.2) is 58.0 Å². The van der Waals surface area contributed by atoms with E-state index < -0.39 is 28.5 Å². The molecule has 1 aliphatic carbocycles. The maximum Gasteiger partial charge on any atom is 0.264 e. The van der Waals surface area contributed by atoms with Crippen LogP contribution in [-0.2, 0) is 26.2 Å². The Morgan fingerprint density at radius 1 is 0.881 bits per heavy atom. The van der Waals surface area contributed by atoms with Crippen LogP contribution in [0.2, 0.25) is 0 Å². The van der Waals surface area contributed by atoms with Crippen LogP contribution in [0.15, 0.2) is 83.8 Å². The summed E-state index contributed by atoms with van der Waals surface area (Å²) >= 11 is 0. The van der Waals surface area contributed by atoms with Crippen LogP contribution >= 0.6 is 0 Å². The number of hydrogen-bond acceptors (Lipinski definition) is 6. The molecule has 1 unspecified atom stereocenters. The maximum absolute atomic E-state index is 14.1. The normalized spacial score (nSPS) is 14.5. The van der Waals surface area contributed by atoms with E-state index in [0.717, 1.165) is 42.0 Å². The van der Waals surface area contributed by atoms with Crippen LogP contribution in [0.3, 0.4) is 0 Å². The number of hydrogen-bond donors (Lipinski definition) is 1. The fourth-order valence-electron chi connectivity index (χ4n) is 5.12. The van der Waals surface area contributed by atoms with Crippen molar-refractivity contribution in [3.8, 4) is 11.5 Å². The molecule has 10 heteroatoms. The van der Waals surface area contributed by atoms with Crippen LogP contribution in [0, 0.1) is 0 Å². The monoisotopic (exact) mass is 593 g/mol. The topological polar surface area (TPSA) is 105 Å². The molecule has 0 bridgehead atoms. The zero-order chi connectivity index (χ0) is 30.1. The Morgan fingerprint density at radius 2 is 1.55 bits per heavy atom. The van der Waals surface area contributed by atoms with Gasteiger partial charge in [0.05, 0.1) is 24.8 Å². The number of nitrogens with zero attached hydrogens (tertiary/aromatic N) is 2. The number of methoxy groups -OCH3 is 2. The van der Waals surface area contributed by atoms with Gasteiger partial charge in [0.2, 0.25) is 11.8 Å². The first-order valence-electron chi connectivity index (χ1n) is 14.2. The summed E-state index contributed by atoms with van der Waals surface area (Å²) in [5, 5.41) is 3.11. The highest BCUT2D eigenvalue weighted by molar-refractivity contribution is 7.92. The molecule has 4 rings (SSSR count). The van der Waals surface area contributed by atoms with Crippen LogP contribution in [0.5, 0.6) is 11.5 Å². The molecule has 1 N–H and O–H groups in total. The predicted octanol–water partition coefficient (Wildman–Crippen LogP) is 4.77. The minimum atomic E-state index is -4.15. The van der Waals surface area contributed by atoms with Crippen molar-refractivity contribution >= 4 is 27.5 Å². The number of benzene rings is 3. The zero-order valence-corrected chi connectivity index (χ0v) is 25.2. The van der Waals surface area contributed by atoms with Crippen molar-refractivity contribution in [2.45, 2.75) is 62.6 Å². The molecular formula is C32H39N3O6S. The van der Waals surface area contributed by atoms with Gasteiger partial charge in [-0.25, -0.2) is 8.42 Å². The average molecular weight is 594 g/mol. The van der Waals surface area contributed by atoms with Crippen molar-refractivity contribution in [2.24, 2.45) is 0 Å². The Balaban J connectivity index is 1.66. The summed E-state index contributed by atoms with van der Waals surface area (Å²) in [6.45, 7) is 1.28. The summed E-state index contributed by atoms with van der Waals surface area (Å²) in [6.07, 6.45) is 5.08. The van der Waals surface area contributed by atoms with Crippen LogP contribution < -0.4 is 19.1 Å². The fraction of sp³-hybridized carbons (Fsp3) is 0.375. The number of nitrogens with one attached hydrogen (secondary N) is 1. The first-order chi connectivity index (χ1) is 20.2. The third-order valence-corrected chi connectivity index (χ3v) is 9.36. The predicted molar refractivity (Wildman–Crippen MR) is 162 cm³/mol. The van der Waals surface area contributed by atoms with Gasteiger partial charge in [-0.3, -0.25) is 13.9 Å². The van der Waals surface area contributed by atoms with E-state index in [1.165, 1.54) is 24.1 Å². The third kappa shape index (κ3) is 7.61. The molecule has 0 aromatic heterocycles. The molecule has 0 spiro atoms. The van der Waals surface area contributed by atoms with Gasteiger partial charge in [0.25, 0.3) is 10.0 Å². The number of para-hydroxylation sites is 1. The van der Waals surface area contributed by atoms with E-state index in [2.05, 4.69) is 5.32 Å². The molecule has 2 amide bonds. The van der Waals surface area contributed by atoms with Gasteiger partial charge in [0.1, 0.15) is 24.1 Å². The molecule has 0 saturated heterocycles. The zero-order valence-electron chi connectivity index (χ0n) is 24.4. The lowest BCUT2D eigenvalue weighted by atomic mass is 9.95. The summed E-state index contributed by atoms with van der Waals surface area (Å²) in [5.74, 6) is 0.359. The molecular weight excluding hydrogens is 554 g/mol. The molecule has 9 nitrogen and oxygen atoms in total. The summed E-state index contributed by atoms with van der Waals surface area (Å²) in [4.78, 5) is 29.0. The highest BCUT2D eigenvalue weighted by Crippen LogP contribution is 2.26. The van der Waals surface area contributed by atoms with E-state index in [4.69, 9.17) is 9.47 Å². The number of carbonyl (C=O) groups is 2. The van der Waals surface area contributed by atoms with Crippen LogP contribution in [0.1, 0.15) is 44.6 Å². The lowest BCUT2D eigenvalue weighted by Gasteiger charge is -2.33. The van der Waals surface area contributed by atoms with Crippen molar-refractivity contribution in [3.63, 3.8) is 0 Å². The molecule has 1 saturated carbocycles. The second kappa shape index (κ2) is 14.2. The second-order valence-electron chi connectivity index (χ2n) is 10.4. The van der Waals surface area contributed by atoms with Crippen molar-refractivity contribution in [3.05, 3.63) is 84.4 Å². The smallest absolute Gasteiger partial charge is 0.264 e. The number of anilines is 1. The lowest BCUT2D eigenvalue weighted by molar-refractivity contribution is -0.139. The molecule has 0 radical (unpaired) electrons. The van der Waals surface area contributed by atoms with E-state index in [9.17, 15) is 18.0 Å². The maximum atomic E-state index is 14.1. The van der Waals surface area contributed by atoms with Crippen molar-refractivity contribution in [1.29, 1.82) is 0 Å². The SMILES string of the molecule is COc1ccc(S(=O)(=O)N(CC(=O)N(Cc2cccc(OC)c2)C(C)C(=O)NC2CCCCC2)c2ccccc2)cc1. The Kier molecular flexibility index (Phi) is 10.5. The first kappa shape index (κ1) is 30.9. The standard InChI is InChI=1S/C32H39N3O6S/c1-24(32(37)33-26-12-6-4-7-13-26)34(22-25-11-10-16-29(21-25)41-3)31(36)23-35(27-14-8-5-9-15-27)42(38,39)30-19-17-28(40-2)18-20-30/h5,8-11,14-21,24,26H,4,6-7,12-13,22-23H2,1-3H3,(H,33,37). The Labute approximate surface area is 248 Å². The van der Waals surface area contributed by atoms with Gasteiger partial charge in [-0.05, 0) is 73.9 Å². The molecule has 0 aliphatic heterocycles. The average Bonchev–Trinajstić information content (AvgIpc) is 3.03. The molecule has 1 aliphatic rings. The minimum absolute atomic E-state index is 0.0161. The molecule has 3 aromatic rings. The Bertz CT molecular complexity index is 1440. The molecule has 1 atom stereocenters. The summed E-state index contributed by atoms with van der Waals surface area (Å²) < 4.78 is 39.5. The highest BCUT2D eigenvalue weighted by atomic mass is 32.2. The van der Waals surface area contributed by atoms with Gasteiger partial charge >= 0.3 is 0 Å². The molecule has 1 fully saturated rings. The third-order valence-electron chi connectivity index (χ3n) is 7.58. The Hall–Kier alpha value is -4.05. The highest BCUT2D eigenvalue weighted by Gasteiger charge is 2.33. The number of ether oxygens (including phenoxy) is 2. The van der Waals surface area contributed by atoms with E-state index in [0.29, 0.717) is 17.2 Å². The van der Waals surface area contributed by atoms with E-state index in [-0.39, 0.29) is 23.4 Å². The second-order valence-corrected chi connectivity index (χ2v) is 12.3. The number of amides is 2. The largest absolute Gasteiger partial charge is 0.497 e. The molecule has 42 heavy (non-hydrogen) atoms. The van der Waals surface area contributed by atoms with Gasteiger partial charge in [-0.2, -0.15) is 0 Å². The van der Waals surface area contributed by atoms with Gasteiger partial charge in [0, 0.05) is 12.6 Å². The summed E-state index contributed by atoms with van der Waals surface area (Å²) in [5.41, 5.74) is 1.09. The number of rotatable bonds is 12. The van der Waals surface area contributed by atoms with Gasteiger partial charge in [0.15, 0.2) is 0 Å². The molecule has 224 valence electrons. The van der Waals surface area contributed by atoms with Gasteiger partial charge < -0.3 is 19.7 Å². The van der Waals surface area contributed by atoms with E-state index in [1.807, 2.05) is 12.1 Å². The van der Waals surface area contributed by atoms with Crippen molar-refractivity contribution in [1.82, 2.24) is 10.2 Å². The first-order valence-corrected chi connectivity index (χ1v) is 15.6. The molecule has 3 aromatic carbocycles. The van der Waals surface area contributed by atoms with Crippen LogP contribution in [0.25, 0.3) is 0 Å². The summed E-state index contributed by atoms with van der Waals surface area (Å²) in [7, 11) is -1.09. The summed E-state index contributed by atoms with van der Waals surface area (Å²) in [6, 6.07) is 21.0. The number of carbonyl (C=O) groups excluding carboxylic acids is 2. The number of sulfonamides is 1. The lowest BCUT2D eigenvalue weighted by Crippen LogP contribution is -2.53. The Morgan fingerprint density at radius 3 is 2.19 bits per heavy atom. The van der Waals surface area contributed by atoms with Gasteiger partial charge in [-0.15, -0.1) is 0 Å². The van der Waals surface area contributed by atoms with Gasteiger partial charge in [-0.1, -0.05) is 49.6 Å². The van der Waals surface area contributed by atoms with E-state index >= 15 is 0 Å². The molecule has 0 heterocycles. The minimum Gasteiger partial charge on any atom is -0.497 e. The van der Waals surface area contributed by atoms with Crippen molar-refractivity contribution < 1.29 is 27.5 Å². The quantitative estimate of drug-likeness (QED) is 0.325. The van der Waals surface area contributed by atoms with E-state index in [1.54, 1.807) is 68.6 Å². The van der Waals surface area contributed by atoms with Crippen molar-refractivity contribution in [2.75, 3.05) is 25.1 Å². The van der Waals surface area contributed by atoms with Crippen LogP contribution in [0.4, 0.5) is 5.69 Å². The fourth-order valence-corrected chi connectivity index (χ4v) is 6.53.